The lowest BCUT2D eigenvalue weighted by atomic mass is 10.1. The molecule has 0 aliphatic carbocycles. The molecular weight excluding hydrogens is 306 g/mol. The van der Waals surface area contributed by atoms with Gasteiger partial charge in [-0.25, -0.2) is 0 Å². The molecule has 19 heavy (non-hydrogen) atoms. The number of rotatable bonds is 5. The molecule has 3 nitrogen and oxygen atoms in total. The third-order valence-electron chi connectivity index (χ3n) is 3.42. The predicted octanol–water partition coefficient (Wildman–Crippen LogP) is 3.29. The van der Waals surface area contributed by atoms with Gasteiger partial charge in [0.15, 0.2) is 0 Å². The molecule has 0 bridgehead atoms. The molecule has 1 aromatic rings. The highest BCUT2D eigenvalue weighted by Gasteiger charge is 2.31. The van der Waals surface area contributed by atoms with Crippen molar-refractivity contribution in [1.29, 1.82) is 0 Å². The van der Waals surface area contributed by atoms with Crippen molar-refractivity contribution in [2.24, 2.45) is 5.73 Å². The van der Waals surface area contributed by atoms with E-state index in [4.69, 9.17) is 15.2 Å². The molecule has 1 aromatic carbocycles. The van der Waals surface area contributed by atoms with Crippen LogP contribution >= 0.6 is 15.9 Å². The number of nitrogens with two attached hydrogens (primary N) is 1. The normalized spacial score (nSPS) is 21.6. The van der Waals surface area contributed by atoms with Crippen molar-refractivity contribution < 1.29 is 9.47 Å². The van der Waals surface area contributed by atoms with Crippen LogP contribution in [-0.2, 0) is 11.2 Å². The molecule has 0 spiro atoms. The smallest absolute Gasteiger partial charge is 0.122 e. The second kappa shape index (κ2) is 6.25. The second-order valence-electron chi connectivity index (χ2n) is 5.64. The van der Waals surface area contributed by atoms with Gasteiger partial charge in [-0.2, -0.15) is 0 Å². The fourth-order valence-corrected chi connectivity index (χ4v) is 2.83. The van der Waals surface area contributed by atoms with Crippen LogP contribution in [0.1, 0.15) is 32.3 Å². The van der Waals surface area contributed by atoms with Crippen molar-refractivity contribution in [3.8, 4) is 5.75 Å². The van der Waals surface area contributed by atoms with Crippen LogP contribution in [0.5, 0.6) is 5.75 Å². The first-order valence-electron chi connectivity index (χ1n) is 6.79. The van der Waals surface area contributed by atoms with E-state index in [0.717, 1.165) is 35.0 Å². The Bertz CT molecular complexity index is 434. The molecule has 1 aliphatic rings. The first-order valence-corrected chi connectivity index (χ1v) is 7.58. The molecule has 0 radical (unpaired) electrons. The summed E-state index contributed by atoms with van der Waals surface area (Å²) in [6.07, 6.45) is 3.18. The molecule has 4 heteroatoms. The molecule has 0 aromatic heterocycles. The highest BCUT2D eigenvalue weighted by atomic mass is 79.9. The molecule has 0 amide bonds. The van der Waals surface area contributed by atoms with Crippen molar-refractivity contribution >= 4 is 15.9 Å². The minimum absolute atomic E-state index is 0.00612. The SMILES string of the molecule is CC1(C)CCC(COc2ccc(Br)cc2CCN)O1. The van der Waals surface area contributed by atoms with E-state index in [1.165, 1.54) is 0 Å². The molecule has 1 atom stereocenters. The van der Waals surface area contributed by atoms with Crippen LogP contribution in [0.2, 0.25) is 0 Å². The van der Waals surface area contributed by atoms with Crippen LogP contribution in [0.15, 0.2) is 22.7 Å². The Hall–Kier alpha value is -0.580. The number of benzene rings is 1. The quantitative estimate of drug-likeness (QED) is 0.902. The minimum atomic E-state index is -0.00612. The minimum Gasteiger partial charge on any atom is -0.491 e. The largest absolute Gasteiger partial charge is 0.491 e. The van der Waals surface area contributed by atoms with Gasteiger partial charge in [-0.15, -0.1) is 0 Å². The van der Waals surface area contributed by atoms with Gasteiger partial charge >= 0.3 is 0 Å². The van der Waals surface area contributed by atoms with Crippen LogP contribution in [0.25, 0.3) is 0 Å². The van der Waals surface area contributed by atoms with Crippen LogP contribution in [-0.4, -0.2) is 24.9 Å². The highest BCUT2D eigenvalue weighted by molar-refractivity contribution is 9.10. The third-order valence-corrected chi connectivity index (χ3v) is 3.91. The van der Waals surface area contributed by atoms with Gasteiger partial charge < -0.3 is 15.2 Å². The maximum absolute atomic E-state index is 5.94. The summed E-state index contributed by atoms with van der Waals surface area (Å²) in [4.78, 5) is 0. The van der Waals surface area contributed by atoms with Crippen LogP contribution < -0.4 is 10.5 Å². The molecule has 1 aliphatic heterocycles. The summed E-state index contributed by atoms with van der Waals surface area (Å²) in [5, 5.41) is 0. The summed E-state index contributed by atoms with van der Waals surface area (Å²) in [5.74, 6) is 0.918. The van der Waals surface area contributed by atoms with E-state index in [0.29, 0.717) is 13.2 Å². The van der Waals surface area contributed by atoms with Gasteiger partial charge in [-0.05, 0) is 63.4 Å². The molecular formula is C15H22BrNO2. The monoisotopic (exact) mass is 327 g/mol. The topological polar surface area (TPSA) is 44.5 Å². The summed E-state index contributed by atoms with van der Waals surface area (Å²) in [7, 11) is 0. The van der Waals surface area contributed by atoms with Crippen LogP contribution in [0, 0.1) is 0 Å². The van der Waals surface area contributed by atoms with E-state index in [9.17, 15) is 0 Å². The maximum Gasteiger partial charge on any atom is 0.122 e. The molecule has 1 unspecified atom stereocenters. The Morgan fingerprint density at radius 3 is 2.89 bits per heavy atom. The third kappa shape index (κ3) is 4.20. The van der Waals surface area contributed by atoms with Gasteiger partial charge in [0.05, 0.1) is 11.7 Å². The zero-order chi connectivity index (χ0) is 13.9. The van der Waals surface area contributed by atoms with E-state index in [-0.39, 0.29) is 11.7 Å². The zero-order valence-corrected chi connectivity index (χ0v) is 13.2. The summed E-state index contributed by atoms with van der Waals surface area (Å²) in [5.41, 5.74) is 6.78. The zero-order valence-electron chi connectivity index (χ0n) is 11.6. The molecule has 1 fully saturated rings. The summed E-state index contributed by atoms with van der Waals surface area (Å²) in [6.45, 7) is 5.50. The lowest BCUT2D eigenvalue weighted by Crippen LogP contribution is -2.24. The van der Waals surface area contributed by atoms with Gasteiger partial charge in [0.25, 0.3) is 0 Å². The number of ether oxygens (including phenoxy) is 2. The highest BCUT2D eigenvalue weighted by Crippen LogP contribution is 2.30. The number of hydrogen-bond donors (Lipinski definition) is 1. The average molecular weight is 328 g/mol. The Morgan fingerprint density at radius 2 is 2.26 bits per heavy atom. The molecule has 2 rings (SSSR count). The first kappa shape index (κ1) is 14.8. The lowest BCUT2D eigenvalue weighted by molar-refractivity contribution is -0.0327. The van der Waals surface area contributed by atoms with Gasteiger partial charge in [0, 0.05) is 4.47 Å². The Kier molecular flexibility index (Phi) is 4.87. The fraction of sp³-hybridized carbons (Fsp3) is 0.600. The van der Waals surface area contributed by atoms with E-state index < -0.39 is 0 Å². The standard InChI is InChI=1S/C15H22BrNO2/c1-15(2)7-5-13(19-15)10-18-14-4-3-12(16)9-11(14)6-8-17/h3-4,9,13H,5-8,10,17H2,1-2H3. The van der Waals surface area contributed by atoms with Gasteiger partial charge in [0.2, 0.25) is 0 Å². The molecule has 106 valence electrons. The number of halogens is 1. The molecule has 2 N–H and O–H groups in total. The first-order chi connectivity index (χ1) is 9.00. The Morgan fingerprint density at radius 1 is 1.47 bits per heavy atom. The summed E-state index contributed by atoms with van der Waals surface area (Å²) < 4.78 is 12.9. The number of hydrogen-bond acceptors (Lipinski definition) is 3. The van der Waals surface area contributed by atoms with Gasteiger partial charge in [-0.1, -0.05) is 15.9 Å². The maximum atomic E-state index is 5.94. The fourth-order valence-electron chi connectivity index (χ4n) is 2.42. The Balaban J connectivity index is 1.96. The molecule has 1 saturated heterocycles. The Labute approximate surface area is 123 Å². The van der Waals surface area contributed by atoms with Crippen molar-refractivity contribution in [2.45, 2.75) is 44.8 Å². The van der Waals surface area contributed by atoms with E-state index in [2.05, 4.69) is 35.8 Å². The van der Waals surface area contributed by atoms with Crippen LogP contribution in [0.4, 0.5) is 0 Å². The molecule has 1 heterocycles. The van der Waals surface area contributed by atoms with Crippen molar-refractivity contribution in [2.75, 3.05) is 13.2 Å². The molecule has 0 saturated carbocycles. The van der Waals surface area contributed by atoms with Crippen molar-refractivity contribution in [1.82, 2.24) is 0 Å². The lowest BCUT2D eigenvalue weighted by Gasteiger charge is -2.20. The van der Waals surface area contributed by atoms with E-state index in [1.54, 1.807) is 0 Å². The average Bonchev–Trinajstić information content (AvgIpc) is 2.68. The van der Waals surface area contributed by atoms with Crippen molar-refractivity contribution in [3.63, 3.8) is 0 Å². The van der Waals surface area contributed by atoms with E-state index >= 15 is 0 Å². The summed E-state index contributed by atoms with van der Waals surface area (Å²) in [6, 6.07) is 6.06. The predicted molar refractivity (Wildman–Crippen MR) is 80.6 cm³/mol. The van der Waals surface area contributed by atoms with Gasteiger partial charge in [-0.3, -0.25) is 0 Å². The second-order valence-corrected chi connectivity index (χ2v) is 6.56. The van der Waals surface area contributed by atoms with E-state index in [1.807, 2.05) is 12.1 Å². The van der Waals surface area contributed by atoms with Crippen LogP contribution in [0.3, 0.4) is 0 Å². The van der Waals surface area contributed by atoms with Crippen molar-refractivity contribution in [3.05, 3.63) is 28.2 Å². The van der Waals surface area contributed by atoms with Gasteiger partial charge in [0.1, 0.15) is 12.4 Å². The summed E-state index contributed by atoms with van der Waals surface area (Å²) >= 11 is 3.48.